The van der Waals surface area contributed by atoms with Crippen molar-refractivity contribution in [2.45, 2.75) is 64.2 Å². The maximum atomic E-state index is 12.9. The first-order valence-corrected chi connectivity index (χ1v) is 11.1. The highest BCUT2D eigenvalue weighted by Gasteiger charge is 2.35. The van der Waals surface area contributed by atoms with E-state index in [-0.39, 0.29) is 11.8 Å². The molecule has 4 heterocycles. The molecule has 1 aliphatic heterocycles. The molecule has 0 bridgehead atoms. The number of likely N-dealkylation sites (tertiary alicyclic amines) is 1. The molecule has 2 aliphatic rings. The number of hydrogen-bond donors (Lipinski definition) is 0. The molecule has 3 aromatic rings. The van der Waals surface area contributed by atoms with E-state index in [2.05, 4.69) is 21.9 Å². The summed E-state index contributed by atoms with van der Waals surface area (Å²) < 4.78 is 7.67. The molecule has 148 valence electrons. The molecule has 1 aliphatic carbocycles. The smallest absolute Gasteiger partial charge is 0.292 e. The van der Waals surface area contributed by atoms with Gasteiger partial charge in [0.2, 0.25) is 5.76 Å². The SMILES string of the molecule is Cc1csc2c([C@H]3CCN(C(=O)c4cc(C(C)C)no4)C3)nc(C3CCC3)n12. The van der Waals surface area contributed by atoms with E-state index in [1.165, 1.54) is 41.3 Å². The lowest BCUT2D eigenvalue weighted by Crippen LogP contribution is -2.28. The standard InChI is InChI=1S/C21H26N4O2S/c1-12(2)16-9-17(27-23-16)20(26)24-8-7-15(10-24)18-21-25(13(3)11-28-21)19(22-18)14-5-4-6-14/h9,11-12,14-15H,4-8,10H2,1-3H3/t15-/m0/s1. The van der Waals surface area contributed by atoms with Crippen molar-refractivity contribution in [1.82, 2.24) is 19.4 Å². The van der Waals surface area contributed by atoms with Crippen LogP contribution in [0.2, 0.25) is 0 Å². The lowest BCUT2D eigenvalue weighted by Gasteiger charge is -2.24. The summed E-state index contributed by atoms with van der Waals surface area (Å²) in [5.41, 5.74) is 3.28. The molecule has 1 saturated carbocycles. The number of imidazole rings is 1. The summed E-state index contributed by atoms with van der Waals surface area (Å²) in [5.74, 6) is 2.66. The van der Waals surface area contributed by atoms with Crippen LogP contribution in [0, 0.1) is 6.92 Å². The Bertz CT molecular complexity index is 1030. The second-order valence-corrected chi connectivity index (χ2v) is 9.37. The number of amides is 1. The van der Waals surface area contributed by atoms with Crippen LogP contribution in [0.5, 0.6) is 0 Å². The summed E-state index contributed by atoms with van der Waals surface area (Å²) >= 11 is 1.78. The van der Waals surface area contributed by atoms with Crippen molar-refractivity contribution in [3.8, 4) is 0 Å². The van der Waals surface area contributed by atoms with Crippen molar-refractivity contribution in [3.63, 3.8) is 0 Å². The van der Waals surface area contributed by atoms with Crippen LogP contribution in [0.25, 0.3) is 4.83 Å². The summed E-state index contributed by atoms with van der Waals surface area (Å²) in [6, 6.07) is 1.78. The van der Waals surface area contributed by atoms with Gasteiger partial charge in [0.05, 0.1) is 11.4 Å². The number of rotatable bonds is 4. The Morgan fingerprint density at radius 2 is 2.11 bits per heavy atom. The second-order valence-electron chi connectivity index (χ2n) is 8.51. The maximum Gasteiger partial charge on any atom is 0.292 e. The Kier molecular flexibility index (Phi) is 4.30. The minimum atomic E-state index is -0.0565. The summed E-state index contributed by atoms with van der Waals surface area (Å²) in [6.07, 6.45) is 4.74. The highest BCUT2D eigenvalue weighted by molar-refractivity contribution is 7.15. The van der Waals surface area contributed by atoms with Crippen LogP contribution >= 0.6 is 11.3 Å². The van der Waals surface area contributed by atoms with Crippen molar-refractivity contribution in [3.05, 3.63) is 40.1 Å². The summed E-state index contributed by atoms with van der Waals surface area (Å²) in [6.45, 7) is 7.70. The van der Waals surface area contributed by atoms with Crippen molar-refractivity contribution < 1.29 is 9.32 Å². The van der Waals surface area contributed by atoms with Gasteiger partial charge in [-0.15, -0.1) is 11.3 Å². The Morgan fingerprint density at radius 1 is 1.29 bits per heavy atom. The van der Waals surface area contributed by atoms with E-state index >= 15 is 0 Å². The molecular formula is C21H26N4O2S. The van der Waals surface area contributed by atoms with Gasteiger partial charge in [0.1, 0.15) is 10.7 Å². The number of carbonyl (C=O) groups excluding carboxylic acids is 1. The molecule has 7 heteroatoms. The van der Waals surface area contributed by atoms with E-state index in [0.29, 0.717) is 24.1 Å². The Balaban J connectivity index is 1.39. The molecule has 0 radical (unpaired) electrons. The van der Waals surface area contributed by atoms with E-state index in [1.54, 1.807) is 17.4 Å². The molecule has 3 aromatic heterocycles. The van der Waals surface area contributed by atoms with Gasteiger partial charge in [-0.3, -0.25) is 9.20 Å². The number of aryl methyl sites for hydroxylation is 1. The van der Waals surface area contributed by atoms with Crippen molar-refractivity contribution >= 4 is 22.1 Å². The third-order valence-electron chi connectivity index (χ3n) is 6.24. The van der Waals surface area contributed by atoms with Crippen LogP contribution in [0.15, 0.2) is 16.0 Å². The molecule has 5 rings (SSSR count). The second kappa shape index (κ2) is 6.72. The van der Waals surface area contributed by atoms with Crippen molar-refractivity contribution in [2.75, 3.05) is 13.1 Å². The quantitative estimate of drug-likeness (QED) is 0.638. The lowest BCUT2D eigenvalue weighted by atomic mass is 9.85. The van der Waals surface area contributed by atoms with Gasteiger partial charge in [0, 0.05) is 42.1 Å². The maximum absolute atomic E-state index is 12.9. The van der Waals surface area contributed by atoms with Gasteiger partial charge in [-0.25, -0.2) is 4.98 Å². The molecule has 1 atom stereocenters. The Morgan fingerprint density at radius 3 is 2.79 bits per heavy atom. The Hall–Kier alpha value is -2.15. The number of hydrogen-bond acceptors (Lipinski definition) is 5. The fourth-order valence-corrected chi connectivity index (χ4v) is 5.34. The highest BCUT2D eigenvalue weighted by atomic mass is 32.1. The van der Waals surface area contributed by atoms with Crippen LogP contribution in [-0.4, -0.2) is 38.4 Å². The zero-order valence-corrected chi connectivity index (χ0v) is 17.5. The molecule has 1 amide bonds. The lowest BCUT2D eigenvalue weighted by molar-refractivity contribution is 0.0749. The zero-order chi connectivity index (χ0) is 19.4. The summed E-state index contributed by atoms with van der Waals surface area (Å²) in [7, 11) is 0. The normalized spacial score (nSPS) is 20.4. The van der Waals surface area contributed by atoms with Crippen LogP contribution < -0.4 is 0 Å². The summed E-state index contributed by atoms with van der Waals surface area (Å²) in [5, 5.41) is 6.26. The number of carbonyl (C=O) groups is 1. The largest absolute Gasteiger partial charge is 0.351 e. The first-order chi connectivity index (χ1) is 13.5. The number of nitrogens with zero attached hydrogens (tertiary/aromatic N) is 4. The van der Waals surface area contributed by atoms with E-state index < -0.39 is 0 Å². The van der Waals surface area contributed by atoms with Crippen LogP contribution in [0.1, 0.15) is 90.7 Å². The zero-order valence-electron chi connectivity index (χ0n) is 16.6. The van der Waals surface area contributed by atoms with Gasteiger partial charge in [0.25, 0.3) is 5.91 Å². The number of aromatic nitrogens is 3. The molecule has 0 aromatic carbocycles. The summed E-state index contributed by atoms with van der Waals surface area (Å²) in [4.78, 5) is 21.1. The molecule has 0 N–H and O–H groups in total. The van der Waals surface area contributed by atoms with Gasteiger partial charge >= 0.3 is 0 Å². The van der Waals surface area contributed by atoms with Gasteiger partial charge in [-0.1, -0.05) is 25.4 Å². The fourth-order valence-electron chi connectivity index (χ4n) is 4.28. The third kappa shape index (κ3) is 2.79. The van der Waals surface area contributed by atoms with Crippen molar-refractivity contribution in [1.29, 1.82) is 0 Å². The van der Waals surface area contributed by atoms with Gasteiger partial charge in [-0.2, -0.15) is 0 Å². The molecule has 2 fully saturated rings. The van der Waals surface area contributed by atoms with Gasteiger partial charge in [0.15, 0.2) is 0 Å². The molecule has 28 heavy (non-hydrogen) atoms. The minimum Gasteiger partial charge on any atom is -0.351 e. The first kappa shape index (κ1) is 17.9. The van der Waals surface area contributed by atoms with E-state index in [4.69, 9.17) is 9.51 Å². The molecular weight excluding hydrogens is 372 g/mol. The van der Waals surface area contributed by atoms with Crippen LogP contribution in [-0.2, 0) is 0 Å². The number of fused-ring (bicyclic) bond motifs is 1. The topological polar surface area (TPSA) is 63.6 Å². The van der Waals surface area contributed by atoms with Crippen LogP contribution in [0.3, 0.4) is 0 Å². The average Bonchev–Trinajstić information content (AvgIpc) is 3.38. The van der Waals surface area contributed by atoms with Gasteiger partial charge < -0.3 is 9.42 Å². The molecule has 6 nitrogen and oxygen atoms in total. The minimum absolute atomic E-state index is 0.0565. The van der Waals surface area contributed by atoms with Crippen LogP contribution in [0.4, 0.5) is 0 Å². The van der Waals surface area contributed by atoms with E-state index in [1.807, 2.05) is 18.7 Å². The Labute approximate surface area is 168 Å². The third-order valence-corrected chi connectivity index (χ3v) is 7.32. The predicted octanol–water partition coefficient (Wildman–Crippen LogP) is 4.71. The average molecular weight is 399 g/mol. The van der Waals surface area contributed by atoms with Crippen molar-refractivity contribution in [2.24, 2.45) is 0 Å². The van der Waals surface area contributed by atoms with Gasteiger partial charge in [-0.05, 0) is 32.1 Å². The molecule has 1 saturated heterocycles. The first-order valence-electron chi connectivity index (χ1n) is 10.2. The monoisotopic (exact) mass is 398 g/mol. The number of thiazole rings is 1. The van der Waals surface area contributed by atoms with E-state index in [0.717, 1.165) is 18.7 Å². The molecule has 0 unspecified atom stereocenters. The fraction of sp³-hybridized carbons (Fsp3) is 0.571. The predicted molar refractivity (Wildman–Crippen MR) is 108 cm³/mol. The molecule has 0 spiro atoms. The highest BCUT2D eigenvalue weighted by Crippen LogP contribution is 2.41. The van der Waals surface area contributed by atoms with E-state index in [9.17, 15) is 4.79 Å².